The van der Waals surface area contributed by atoms with Crippen LogP contribution in [0.2, 0.25) is 0 Å². The monoisotopic (exact) mass is 422 g/mol. The maximum absolute atomic E-state index is 11.9. The van der Waals surface area contributed by atoms with Gasteiger partial charge in [-0.25, -0.2) is 8.42 Å². The van der Waals surface area contributed by atoms with Gasteiger partial charge in [0, 0.05) is 0 Å². The molecule has 4 N–H and O–H groups in total. The van der Waals surface area contributed by atoms with Gasteiger partial charge < -0.3 is 25.2 Å². The van der Waals surface area contributed by atoms with E-state index < -0.39 is 47.0 Å². The molecule has 2 aromatic rings. The fraction of sp³-hybridized carbons (Fsp3) is 0.429. The predicted molar refractivity (Wildman–Crippen MR) is 106 cm³/mol. The SMILES string of the molecule is CCS(=O)(=O)c1ccc(Cc2cccc([C@@H]3O[C@H](CO)[C@@H](O)[C@H](O)[C@H]3O)c2)cc1. The topological polar surface area (TPSA) is 124 Å². The maximum atomic E-state index is 11.9. The molecule has 7 nitrogen and oxygen atoms in total. The number of benzene rings is 2. The van der Waals surface area contributed by atoms with Crippen LogP contribution < -0.4 is 0 Å². The Labute approximate surface area is 170 Å². The van der Waals surface area contributed by atoms with Crippen LogP contribution >= 0.6 is 0 Å². The van der Waals surface area contributed by atoms with Gasteiger partial charge in [0.05, 0.1) is 17.3 Å². The Morgan fingerprint density at radius 1 is 0.931 bits per heavy atom. The molecule has 3 rings (SSSR count). The second-order valence-electron chi connectivity index (χ2n) is 7.22. The summed E-state index contributed by atoms with van der Waals surface area (Å²) in [5.41, 5.74) is 2.45. The van der Waals surface area contributed by atoms with Crippen LogP contribution in [0, 0.1) is 0 Å². The van der Waals surface area contributed by atoms with Crippen LogP contribution in [0.25, 0.3) is 0 Å². The normalized spacial score (nSPS) is 27.7. The molecule has 2 aromatic carbocycles. The van der Waals surface area contributed by atoms with Crippen molar-refractivity contribution in [1.29, 1.82) is 0 Å². The highest BCUT2D eigenvalue weighted by Crippen LogP contribution is 2.33. The van der Waals surface area contributed by atoms with Crippen molar-refractivity contribution >= 4 is 9.84 Å². The van der Waals surface area contributed by atoms with Crippen molar-refractivity contribution in [2.75, 3.05) is 12.4 Å². The van der Waals surface area contributed by atoms with Crippen molar-refractivity contribution in [2.45, 2.75) is 48.8 Å². The number of sulfone groups is 1. The van der Waals surface area contributed by atoms with Gasteiger partial charge in [0.25, 0.3) is 0 Å². The summed E-state index contributed by atoms with van der Waals surface area (Å²) in [6, 6.07) is 14.0. The van der Waals surface area contributed by atoms with Gasteiger partial charge >= 0.3 is 0 Å². The Hall–Kier alpha value is -1.81. The lowest BCUT2D eigenvalue weighted by Crippen LogP contribution is -2.55. The summed E-state index contributed by atoms with van der Waals surface area (Å²) in [6.45, 7) is 1.13. The number of ether oxygens (including phenoxy) is 1. The van der Waals surface area contributed by atoms with Crippen molar-refractivity contribution < 1.29 is 33.6 Å². The average molecular weight is 422 g/mol. The van der Waals surface area contributed by atoms with Crippen molar-refractivity contribution in [1.82, 2.24) is 0 Å². The standard InChI is InChI=1S/C21H26O7S/c1-2-29(26,27)16-8-6-13(7-9-16)10-14-4-3-5-15(11-14)21-20(25)19(24)18(23)17(12-22)28-21/h3-9,11,17-25H,2,10,12H2,1H3/t17-,18-,19+,20-,21+/m1/s1. The molecule has 0 radical (unpaired) electrons. The van der Waals surface area contributed by atoms with E-state index in [0.717, 1.165) is 11.1 Å². The van der Waals surface area contributed by atoms with E-state index >= 15 is 0 Å². The summed E-state index contributed by atoms with van der Waals surface area (Å²) in [5, 5.41) is 39.6. The molecule has 8 heteroatoms. The van der Waals surface area contributed by atoms with E-state index in [9.17, 15) is 28.8 Å². The maximum Gasteiger partial charge on any atom is 0.178 e. The van der Waals surface area contributed by atoms with Gasteiger partial charge in [0.1, 0.15) is 30.5 Å². The Morgan fingerprint density at radius 2 is 1.62 bits per heavy atom. The first kappa shape index (κ1) is 21.9. The molecule has 0 bridgehead atoms. The molecule has 1 aliphatic heterocycles. The zero-order valence-corrected chi connectivity index (χ0v) is 16.9. The van der Waals surface area contributed by atoms with E-state index in [-0.39, 0.29) is 5.75 Å². The molecule has 1 saturated heterocycles. The third-order valence-electron chi connectivity index (χ3n) is 5.24. The zero-order chi connectivity index (χ0) is 21.2. The minimum Gasteiger partial charge on any atom is -0.394 e. The highest BCUT2D eigenvalue weighted by molar-refractivity contribution is 7.91. The molecular formula is C21H26O7S. The largest absolute Gasteiger partial charge is 0.394 e. The number of aliphatic hydroxyl groups is 4. The lowest BCUT2D eigenvalue weighted by atomic mass is 9.90. The molecule has 0 amide bonds. The molecule has 0 saturated carbocycles. The first-order valence-electron chi connectivity index (χ1n) is 9.48. The Kier molecular flexibility index (Phi) is 6.72. The Morgan fingerprint density at radius 3 is 2.24 bits per heavy atom. The summed E-state index contributed by atoms with van der Waals surface area (Å²) >= 11 is 0. The molecule has 158 valence electrons. The van der Waals surface area contributed by atoms with Gasteiger partial charge in [-0.15, -0.1) is 0 Å². The molecule has 0 unspecified atom stereocenters. The second kappa shape index (κ2) is 8.91. The summed E-state index contributed by atoms with van der Waals surface area (Å²) in [7, 11) is -3.24. The summed E-state index contributed by atoms with van der Waals surface area (Å²) in [4.78, 5) is 0.291. The van der Waals surface area contributed by atoms with Gasteiger partial charge in [0.2, 0.25) is 0 Å². The third-order valence-corrected chi connectivity index (χ3v) is 6.99. The van der Waals surface area contributed by atoms with E-state index in [1.165, 1.54) is 0 Å². The lowest BCUT2D eigenvalue weighted by Gasteiger charge is -2.40. The van der Waals surface area contributed by atoms with Crippen LogP contribution in [0.3, 0.4) is 0 Å². The predicted octanol–water partition coefficient (Wildman–Crippen LogP) is 0.586. The molecule has 1 fully saturated rings. The zero-order valence-electron chi connectivity index (χ0n) is 16.0. The number of rotatable bonds is 6. The molecule has 0 spiro atoms. The van der Waals surface area contributed by atoms with Gasteiger partial charge in [-0.05, 0) is 35.2 Å². The van der Waals surface area contributed by atoms with Crippen molar-refractivity contribution in [3.63, 3.8) is 0 Å². The smallest absolute Gasteiger partial charge is 0.178 e. The van der Waals surface area contributed by atoms with Crippen LogP contribution in [0.15, 0.2) is 53.4 Å². The second-order valence-corrected chi connectivity index (χ2v) is 9.50. The minimum absolute atomic E-state index is 0.0491. The summed E-state index contributed by atoms with van der Waals surface area (Å²) in [5.74, 6) is 0.0491. The van der Waals surface area contributed by atoms with Gasteiger partial charge in [0.15, 0.2) is 9.84 Å². The summed E-state index contributed by atoms with van der Waals surface area (Å²) < 4.78 is 29.5. The number of aliphatic hydroxyl groups excluding tert-OH is 4. The first-order chi connectivity index (χ1) is 13.8. The van der Waals surface area contributed by atoms with E-state index in [1.807, 2.05) is 12.1 Å². The van der Waals surface area contributed by atoms with Crippen LogP contribution in [0.5, 0.6) is 0 Å². The molecular weight excluding hydrogens is 396 g/mol. The van der Waals surface area contributed by atoms with E-state index in [1.54, 1.807) is 43.3 Å². The number of hydrogen-bond acceptors (Lipinski definition) is 7. The fourth-order valence-corrected chi connectivity index (χ4v) is 4.36. The summed E-state index contributed by atoms with van der Waals surface area (Å²) in [6.07, 6.45) is -5.47. The highest BCUT2D eigenvalue weighted by Gasteiger charge is 2.43. The van der Waals surface area contributed by atoms with Crippen LogP contribution in [0.4, 0.5) is 0 Å². The molecule has 1 heterocycles. The highest BCUT2D eigenvalue weighted by atomic mass is 32.2. The molecule has 0 aliphatic carbocycles. The van der Waals surface area contributed by atoms with Crippen molar-refractivity contribution in [2.24, 2.45) is 0 Å². The van der Waals surface area contributed by atoms with Gasteiger partial charge in [-0.2, -0.15) is 0 Å². The van der Waals surface area contributed by atoms with Crippen LogP contribution in [-0.4, -0.2) is 65.6 Å². The molecule has 5 atom stereocenters. The van der Waals surface area contributed by atoms with Crippen molar-refractivity contribution in [3.05, 3.63) is 65.2 Å². The lowest BCUT2D eigenvalue weighted by molar-refractivity contribution is -0.231. The Balaban J connectivity index is 1.79. The van der Waals surface area contributed by atoms with Gasteiger partial charge in [-0.3, -0.25) is 0 Å². The molecule has 0 aromatic heterocycles. The van der Waals surface area contributed by atoms with E-state index in [2.05, 4.69) is 0 Å². The molecule has 29 heavy (non-hydrogen) atoms. The third kappa shape index (κ3) is 4.69. The number of hydrogen-bond donors (Lipinski definition) is 4. The average Bonchev–Trinajstić information content (AvgIpc) is 2.73. The van der Waals surface area contributed by atoms with Crippen LogP contribution in [0.1, 0.15) is 29.7 Å². The van der Waals surface area contributed by atoms with Crippen molar-refractivity contribution in [3.8, 4) is 0 Å². The fourth-order valence-electron chi connectivity index (χ4n) is 3.47. The first-order valence-corrected chi connectivity index (χ1v) is 11.1. The van der Waals surface area contributed by atoms with E-state index in [0.29, 0.717) is 16.9 Å². The van der Waals surface area contributed by atoms with Gasteiger partial charge in [-0.1, -0.05) is 43.3 Å². The Bertz CT molecular complexity index is 924. The quantitative estimate of drug-likeness (QED) is 0.537. The minimum atomic E-state index is -3.24. The van der Waals surface area contributed by atoms with E-state index in [4.69, 9.17) is 4.74 Å². The van der Waals surface area contributed by atoms with Crippen LogP contribution in [-0.2, 0) is 21.0 Å². The molecule has 1 aliphatic rings.